The summed E-state index contributed by atoms with van der Waals surface area (Å²) in [5, 5.41) is 0. The molecular formula is C16H23BrN2O. The Labute approximate surface area is 130 Å². The summed E-state index contributed by atoms with van der Waals surface area (Å²) in [7, 11) is 2.19. The lowest BCUT2D eigenvalue weighted by atomic mass is 10.1. The molecule has 1 unspecified atom stereocenters. The Balaban J connectivity index is 1.83. The summed E-state index contributed by atoms with van der Waals surface area (Å²) < 4.78 is 1.01. The normalized spacial score (nSPS) is 21.1. The number of halogens is 1. The zero-order valence-corrected chi connectivity index (χ0v) is 13.9. The average Bonchev–Trinajstić information content (AvgIpc) is 2.46. The van der Waals surface area contributed by atoms with Crippen LogP contribution >= 0.6 is 15.9 Å². The SMILES string of the molecule is CCC1CN(CCC(=O)c2ccc(Br)cc2)CCN1C. The van der Waals surface area contributed by atoms with Crippen molar-refractivity contribution < 1.29 is 4.79 Å². The molecule has 1 fully saturated rings. The number of benzene rings is 1. The van der Waals surface area contributed by atoms with Crippen molar-refractivity contribution in [1.82, 2.24) is 9.80 Å². The van der Waals surface area contributed by atoms with E-state index >= 15 is 0 Å². The van der Waals surface area contributed by atoms with E-state index in [1.807, 2.05) is 24.3 Å². The van der Waals surface area contributed by atoms with Gasteiger partial charge in [-0.25, -0.2) is 0 Å². The number of piperazine rings is 1. The fraction of sp³-hybridized carbons (Fsp3) is 0.562. The maximum atomic E-state index is 12.2. The number of likely N-dealkylation sites (N-methyl/N-ethyl adjacent to an activating group) is 1. The monoisotopic (exact) mass is 338 g/mol. The lowest BCUT2D eigenvalue weighted by Crippen LogP contribution is -2.51. The molecule has 1 saturated heterocycles. The summed E-state index contributed by atoms with van der Waals surface area (Å²) >= 11 is 3.39. The first-order chi connectivity index (χ1) is 9.60. The zero-order chi connectivity index (χ0) is 14.5. The molecule has 2 rings (SSSR count). The standard InChI is InChI=1S/C16H23BrN2O/c1-3-15-12-19(11-10-18(15)2)9-8-16(20)13-4-6-14(17)7-5-13/h4-7,15H,3,8-12H2,1-2H3. The third kappa shape index (κ3) is 4.14. The van der Waals surface area contributed by atoms with E-state index in [1.165, 1.54) is 6.42 Å². The van der Waals surface area contributed by atoms with Gasteiger partial charge in [0.1, 0.15) is 0 Å². The van der Waals surface area contributed by atoms with Gasteiger partial charge in [0.15, 0.2) is 5.78 Å². The van der Waals surface area contributed by atoms with Crippen LogP contribution in [-0.2, 0) is 0 Å². The summed E-state index contributed by atoms with van der Waals surface area (Å²) in [4.78, 5) is 17.0. The highest BCUT2D eigenvalue weighted by molar-refractivity contribution is 9.10. The molecule has 0 aliphatic carbocycles. The molecule has 1 aliphatic rings. The molecular weight excluding hydrogens is 316 g/mol. The summed E-state index contributed by atoms with van der Waals surface area (Å²) in [5.74, 6) is 0.240. The van der Waals surface area contributed by atoms with E-state index in [-0.39, 0.29) is 5.78 Å². The molecule has 1 atom stereocenters. The second kappa shape index (κ2) is 7.34. The van der Waals surface area contributed by atoms with Gasteiger partial charge in [0.25, 0.3) is 0 Å². The lowest BCUT2D eigenvalue weighted by Gasteiger charge is -2.39. The van der Waals surface area contributed by atoms with Gasteiger partial charge in [0.05, 0.1) is 0 Å². The minimum absolute atomic E-state index is 0.240. The largest absolute Gasteiger partial charge is 0.301 e. The number of rotatable bonds is 5. The van der Waals surface area contributed by atoms with Gasteiger partial charge in [0, 0.05) is 48.7 Å². The van der Waals surface area contributed by atoms with E-state index in [1.54, 1.807) is 0 Å². The molecule has 1 heterocycles. The average molecular weight is 339 g/mol. The number of nitrogens with zero attached hydrogens (tertiary/aromatic N) is 2. The van der Waals surface area contributed by atoms with Crippen LogP contribution in [0.1, 0.15) is 30.1 Å². The van der Waals surface area contributed by atoms with Crippen molar-refractivity contribution >= 4 is 21.7 Å². The Morgan fingerprint density at radius 3 is 2.65 bits per heavy atom. The molecule has 0 saturated carbocycles. The number of hydrogen-bond donors (Lipinski definition) is 0. The summed E-state index contributed by atoms with van der Waals surface area (Å²) in [6.07, 6.45) is 1.79. The highest BCUT2D eigenvalue weighted by atomic mass is 79.9. The molecule has 1 aromatic rings. The molecule has 0 radical (unpaired) electrons. The molecule has 1 aliphatic heterocycles. The first kappa shape index (κ1) is 15.7. The van der Waals surface area contributed by atoms with Gasteiger partial charge in [-0.1, -0.05) is 35.0 Å². The van der Waals surface area contributed by atoms with Crippen LogP contribution in [0.4, 0.5) is 0 Å². The molecule has 0 amide bonds. The fourth-order valence-electron chi connectivity index (χ4n) is 2.69. The van der Waals surface area contributed by atoms with Gasteiger partial charge in [-0.15, -0.1) is 0 Å². The van der Waals surface area contributed by atoms with Gasteiger partial charge in [-0.3, -0.25) is 4.79 Å². The molecule has 0 N–H and O–H groups in total. The Bertz CT molecular complexity index is 446. The smallest absolute Gasteiger partial charge is 0.164 e. The van der Waals surface area contributed by atoms with Crippen molar-refractivity contribution in [3.8, 4) is 0 Å². The fourth-order valence-corrected chi connectivity index (χ4v) is 2.96. The lowest BCUT2D eigenvalue weighted by molar-refractivity contribution is 0.0824. The maximum Gasteiger partial charge on any atom is 0.164 e. The molecule has 4 heteroatoms. The molecule has 20 heavy (non-hydrogen) atoms. The van der Waals surface area contributed by atoms with Gasteiger partial charge in [-0.05, 0) is 25.6 Å². The van der Waals surface area contributed by atoms with Crippen LogP contribution in [0.2, 0.25) is 0 Å². The number of carbonyl (C=O) groups excluding carboxylic acids is 1. The minimum atomic E-state index is 0.240. The topological polar surface area (TPSA) is 23.6 Å². The third-order valence-electron chi connectivity index (χ3n) is 4.15. The van der Waals surface area contributed by atoms with E-state index in [2.05, 4.69) is 39.7 Å². The van der Waals surface area contributed by atoms with Crippen LogP contribution < -0.4 is 0 Å². The van der Waals surface area contributed by atoms with Gasteiger partial charge < -0.3 is 9.80 Å². The molecule has 0 spiro atoms. The molecule has 3 nitrogen and oxygen atoms in total. The van der Waals surface area contributed by atoms with E-state index in [9.17, 15) is 4.79 Å². The Hall–Kier alpha value is -0.710. The van der Waals surface area contributed by atoms with E-state index in [0.717, 1.165) is 36.2 Å². The van der Waals surface area contributed by atoms with Crippen molar-refractivity contribution in [3.05, 3.63) is 34.3 Å². The highest BCUT2D eigenvalue weighted by Gasteiger charge is 2.22. The first-order valence-corrected chi connectivity index (χ1v) is 8.10. The Morgan fingerprint density at radius 2 is 2.00 bits per heavy atom. The maximum absolute atomic E-state index is 12.2. The van der Waals surface area contributed by atoms with Crippen LogP contribution in [0.15, 0.2) is 28.7 Å². The highest BCUT2D eigenvalue weighted by Crippen LogP contribution is 2.14. The number of hydrogen-bond acceptors (Lipinski definition) is 3. The second-order valence-corrected chi connectivity index (χ2v) is 6.44. The Morgan fingerprint density at radius 1 is 1.30 bits per heavy atom. The van der Waals surface area contributed by atoms with Crippen molar-refractivity contribution in [3.63, 3.8) is 0 Å². The van der Waals surface area contributed by atoms with E-state index in [4.69, 9.17) is 0 Å². The Kier molecular flexibility index (Phi) is 5.75. The van der Waals surface area contributed by atoms with Gasteiger partial charge in [0.2, 0.25) is 0 Å². The first-order valence-electron chi connectivity index (χ1n) is 7.31. The minimum Gasteiger partial charge on any atom is -0.301 e. The molecule has 110 valence electrons. The number of Topliss-reactive ketones (excluding diaryl/α,β-unsaturated/α-hetero) is 1. The van der Waals surface area contributed by atoms with Gasteiger partial charge in [-0.2, -0.15) is 0 Å². The van der Waals surface area contributed by atoms with E-state index in [0.29, 0.717) is 12.5 Å². The summed E-state index contributed by atoms with van der Waals surface area (Å²) in [5.41, 5.74) is 0.814. The number of carbonyl (C=O) groups is 1. The van der Waals surface area contributed by atoms with Crippen molar-refractivity contribution in [2.75, 3.05) is 33.2 Å². The molecule has 0 bridgehead atoms. The summed E-state index contributed by atoms with van der Waals surface area (Å²) in [6.45, 7) is 6.36. The van der Waals surface area contributed by atoms with Crippen molar-refractivity contribution in [1.29, 1.82) is 0 Å². The molecule has 1 aromatic carbocycles. The van der Waals surface area contributed by atoms with Gasteiger partial charge >= 0.3 is 0 Å². The van der Waals surface area contributed by atoms with Crippen LogP contribution in [0.25, 0.3) is 0 Å². The van der Waals surface area contributed by atoms with Crippen molar-refractivity contribution in [2.24, 2.45) is 0 Å². The van der Waals surface area contributed by atoms with Crippen LogP contribution in [0, 0.1) is 0 Å². The van der Waals surface area contributed by atoms with Crippen LogP contribution in [-0.4, -0.2) is 54.9 Å². The van der Waals surface area contributed by atoms with Crippen molar-refractivity contribution in [2.45, 2.75) is 25.8 Å². The summed E-state index contributed by atoms with van der Waals surface area (Å²) in [6, 6.07) is 8.27. The number of ketones is 1. The second-order valence-electron chi connectivity index (χ2n) is 5.52. The van der Waals surface area contributed by atoms with Crippen LogP contribution in [0.5, 0.6) is 0 Å². The van der Waals surface area contributed by atoms with E-state index < -0.39 is 0 Å². The predicted octanol–water partition coefficient (Wildman–Crippen LogP) is 3.05. The molecule has 0 aromatic heterocycles. The zero-order valence-electron chi connectivity index (χ0n) is 12.3. The quantitative estimate of drug-likeness (QED) is 0.771. The third-order valence-corrected chi connectivity index (χ3v) is 4.68. The van der Waals surface area contributed by atoms with Crippen LogP contribution in [0.3, 0.4) is 0 Å². The predicted molar refractivity (Wildman–Crippen MR) is 86.2 cm³/mol.